The van der Waals surface area contributed by atoms with Crippen LogP contribution in [0, 0.1) is 5.92 Å². The van der Waals surface area contributed by atoms with Gasteiger partial charge in [0.25, 0.3) is 5.91 Å². The van der Waals surface area contributed by atoms with Gasteiger partial charge in [-0.25, -0.2) is 0 Å². The number of benzene rings is 2. The Hall–Kier alpha value is -2.07. The zero-order chi connectivity index (χ0) is 18.6. The molecule has 0 spiro atoms. The molecule has 1 heterocycles. The number of nitrogens with zero attached hydrogens (tertiary/aromatic N) is 2. The van der Waals surface area contributed by atoms with Crippen molar-refractivity contribution in [2.75, 3.05) is 32.8 Å². The summed E-state index contributed by atoms with van der Waals surface area (Å²) in [6.45, 7) is 6.14. The molecule has 0 N–H and O–H groups in total. The molecule has 1 saturated heterocycles. The van der Waals surface area contributed by atoms with Crippen molar-refractivity contribution in [3.63, 3.8) is 0 Å². The third-order valence-corrected chi connectivity index (χ3v) is 6.18. The standard InChI is InChI=1S/C23H30N2O2/c1-18-5-4-8-21(15-18)24-11-13-25(14-12-24)23(26)17-27-22-10-9-19-6-2-3-7-20(19)16-22/h2-3,6-7,9-10,16,18,21H,4-5,8,11-15,17H2,1H3/t18-,21-/m0/s1. The van der Waals surface area contributed by atoms with Crippen molar-refractivity contribution in [3.05, 3.63) is 42.5 Å². The predicted octanol–water partition coefficient (Wildman–Crippen LogP) is 3.94. The lowest BCUT2D eigenvalue weighted by Crippen LogP contribution is -2.53. The molecule has 1 aliphatic heterocycles. The molecule has 27 heavy (non-hydrogen) atoms. The molecule has 2 fully saturated rings. The first-order valence-electron chi connectivity index (χ1n) is 10.3. The molecule has 2 aromatic rings. The summed E-state index contributed by atoms with van der Waals surface area (Å²) >= 11 is 0. The van der Waals surface area contributed by atoms with Gasteiger partial charge in [-0.05, 0) is 41.7 Å². The van der Waals surface area contributed by atoms with Gasteiger partial charge >= 0.3 is 0 Å². The summed E-state index contributed by atoms with van der Waals surface area (Å²) < 4.78 is 5.78. The third-order valence-electron chi connectivity index (χ3n) is 6.18. The van der Waals surface area contributed by atoms with E-state index < -0.39 is 0 Å². The minimum Gasteiger partial charge on any atom is -0.484 e. The fraction of sp³-hybridized carbons (Fsp3) is 0.522. The van der Waals surface area contributed by atoms with Crippen LogP contribution in [0.1, 0.15) is 32.6 Å². The van der Waals surface area contributed by atoms with Crippen LogP contribution in [0.2, 0.25) is 0 Å². The monoisotopic (exact) mass is 366 g/mol. The molecule has 144 valence electrons. The van der Waals surface area contributed by atoms with Crippen LogP contribution in [0.3, 0.4) is 0 Å². The fourth-order valence-corrected chi connectivity index (χ4v) is 4.56. The lowest BCUT2D eigenvalue weighted by atomic mass is 9.86. The van der Waals surface area contributed by atoms with Crippen LogP contribution in [-0.4, -0.2) is 54.5 Å². The number of ether oxygens (including phenoxy) is 1. The molecule has 2 atom stereocenters. The van der Waals surface area contributed by atoms with Crippen molar-refractivity contribution in [1.29, 1.82) is 0 Å². The Morgan fingerprint density at radius 2 is 1.81 bits per heavy atom. The highest BCUT2D eigenvalue weighted by molar-refractivity contribution is 5.84. The highest BCUT2D eigenvalue weighted by atomic mass is 16.5. The van der Waals surface area contributed by atoms with Crippen LogP contribution in [0.5, 0.6) is 5.75 Å². The quantitative estimate of drug-likeness (QED) is 0.822. The largest absolute Gasteiger partial charge is 0.484 e. The Morgan fingerprint density at radius 1 is 1.04 bits per heavy atom. The number of fused-ring (bicyclic) bond motifs is 1. The molecule has 4 rings (SSSR count). The summed E-state index contributed by atoms with van der Waals surface area (Å²) in [5, 5.41) is 2.32. The molecular formula is C23H30N2O2. The van der Waals surface area contributed by atoms with Crippen LogP contribution >= 0.6 is 0 Å². The molecule has 1 aliphatic carbocycles. The minimum absolute atomic E-state index is 0.0971. The molecule has 4 heteroatoms. The van der Waals surface area contributed by atoms with E-state index in [0.717, 1.165) is 49.3 Å². The van der Waals surface area contributed by atoms with E-state index in [0.29, 0.717) is 0 Å². The van der Waals surface area contributed by atoms with Gasteiger partial charge in [0, 0.05) is 32.2 Å². The topological polar surface area (TPSA) is 32.8 Å². The van der Waals surface area contributed by atoms with Crippen LogP contribution in [0.4, 0.5) is 0 Å². The molecule has 2 aliphatic rings. The van der Waals surface area contributed by atoms with E-state index in [2.05, 4.69) is 24.0 Å². The van der Waals surface area contributed by atoms with Gasteiger partial charge in [-0.15, -0.1) is 0 Å². The van der Waals surface area contributed by atoms with Gasteiger partial charge in [0.15, 0.2) is 6.61 Å². The van der Waals surface area contributed by atoms with Crippen molar-refractivity contribution < 1.29 is 9.53 Å². The molecular weight excluding hydrogens is 336 g/mol. The number of rotatable bonds is 4. The van der Waals surface area contributed by atoms with Gasteiger partial charge in [-0.2, -0.15) is 0 Å². The van der Waals surface area contributed by atoms with Gasteiger partial charge in [0.2, 0.25) is 0 Å². The maximum absolute atomic E-state index is 12.6. The Kier molecular flexibility index (Phi) is 5.63. The molecule has 1 amide bonds. The first kappa shape index (κ1) is 18.3. The number of carbonyl (C=O) groups is 1. The van der Waals surface area contributed by atoms with Gasteiger partial charge < -0.3 is 9.64 Å². The average molecular weight is 367 g/mol. The Morgan fingerprint density at radius 3 is 2.59 bits per heavy atom. The lowest BCUT2D eigenvalue weighted by Gasteiger charge is -2.42. The van der Waals surface area contributed by atoms with E-state index in [1.165, 1.54) is 31.1 Å². The molecule has 1 saturated carbocycles. The van der Waals surface area contributed by atoms with Crippen LogP contribution in [0.15, 0.2) is 42.5 Å². The van der Waals surface area contributed by atoms with Crippen LogP contribution < -0.4 is 4.74 Å². The molecule has 4 nitrogen and oxygen atoms in total. The van der Waals surface area contributed by atoms with E-state index in [-0.39, 0.29) is 12.5 Å². The second-order valence-electron chi connectivity index (χ2n) is 8.14. The third kappa shape index (κ3) is 4.44. The molecule has 0 unspecified atom stereocenters. The van der Waals surface area contributed by atoms with Crippen molar-refractivity contribution in [2.45, 2.75) is 38.6 Å². The van der Waals surface area contributed by atoms with E-state index in [1.807, 2.05) is 35.2 Å². The van der Waals surface area contributed by atoms with Crippen molar-refractivity contribution in [2.24, 2.45) is 5.92 Å². The smallest absolute Gasteiger partial charge is 0.260 e. The number of amides is 1. The predicted molar refractivity (Wildman–Crippen MR) is 109 cm³/mol. The molecule has 2 aromatic carbocycles. The van der Waals surface area contributed by atoms with Gasteiger partial charge in [0.1, 0.15) is 5.75 Å². The van der Waals surface area contributed by atoms with E-state index >= 15 is 0 Å². The van der Waals surface area contributed by atoms with Gasteiger partial charge in [-0.1, -0.05) is 50.1 Å². The molecule has 0 bridgehead atoms. The van der Waals surface area contributed by atoms with Crippen molar-refractivity contribution in [1.82, 2.24) is 9.80 Å². The highest BCUT2D eigenvalue weighted by Crippen LogP contribution is 2.28. The Balaban J connectivity index is 1.26. The Bertz CT molecular complexity index is 783. The maximum Gasteiger partial charge on any atom is 0.260 e. The SMILES string of the molecule is C[C@H]1CCC[C@H](N2CCN(C(=O)COc3ccc4ccccc4c3)CC2)C1. The Labute approximate surface area is 162 Å². The summed E-state index contributed by atoms with van der Waals surface area (Å²) in [6.07, 6.45) is 5.37. The summed E-state index contributed by atoms with van der Waals surface area (Å²) in [4.78, 5) is 17.1. The average Bonchev–Trinajstić information content (AvgIpc) is 2.72. The summed E-state index contributed by atoms with van der Waals surface area (Å²) in [6, 6.07) is 14.9. The number of carbonyl (C=O) groups excluding carboxylic acids is 1. The first-order chi connectivity index (χ1) is 13.2. The lowest BCUT2D eigenvalue weighted by molar-refractivity contribution is -0.135. The first-order valence-corrected chi connectivity index (χ1v) is 10.3. The van der Waals surface area contributed by atoms with E-state index in [4.69, 9.17) is 4.74 Å². The van der Waals surface area contributed by atoms with E-state index in [1.54, 1.807) is 0 Å². The number of hydrogen-bond acceptors (Lipinski definition) is 3. The zero-order valence-corrected chi connectivity index (χ0v) is 16.3. The van der Waals surface area contributed by atoms with Crippen LogP contribution in [0.25, 0.3) is 10.8 Å². The van der Waals surface area contributed by atoms with Gasteiger partial charge in [0.05, 0.1) is 0 Å². The second-order valence-corrected chi connectivity index (χ2v) is 8.14. The number of piperazine rings is 1. The van der Waals surface area contributed by atoms with Gasteiger partial charge in [-0.3, -0.25) is 9.69 Å². The highest BCUT2D eigenvalue weighted by Gasteiger charge is 2.28. The normalized spacial score (nSPS) is 24.1. The second kappa shape index (κ2) is 8.30. The van der Waals surface area contributed by atoms with E-state index in [9.17, 15) is 4.79 Å². The summed E-state index contributed by atoms with van der Waals surface area (Å²) in [5.74, 6) is 1.70. The maximum atomic E-state index is 12.6. The minimum atomic E-state index is 0.0971. The molecule has 0 aromatic heterocycles. The van der Waals surface area contributed by atoms with Crippen LogP contribution in [-0.2, 0) is 4.79 Å². The zero-order valence-electron chi connectivity index (χ0n) is 16.3. The fourth-order valence-electron chi connectivity index (χ4n) is 4.56. The van der Waals surface area contributed by atoms with Crippen molar-refractivity contribution >= 4 is 16.7 Å². The molecule has 0 radical (unpaired) electrons. The summed E-state index contributed by atoms with van der Waals surface area (Å²) in [7, 11) is 0. The van der Waals surface area contributed by atoms with Crippen molar-refractivity contribution in [3.8, 4) is 5.75 Å². The summed E-state index contributed by atoms with van der Waals surface area (Å²) in [5.41, 5.74) is 0. The number of hydrogen-bond donors (Lipinski definition) is 0.